The molecule has 0 amide bonds. The maximum Gasteiger partial charge on any atom is 0.120 e. The summed E-state index contributed by atoms with van der Waals surface area (Å²) in [5.41, 5.74) is 2.81. The number of methoxy groups -OCH3 is 1. The van der Waals surface area contributed by atoms with E-state index in [2.05, 4.69) is 5.32 Å². The smallest absolute Gasteiger partial charge is 0.120 e. The van der Waals surface area contributed by atoms with Crippen molar-refractivity contribution in [3.05, 3.63) is 58.6 Å². The van der Waals surface area contributed by atoms with Crippen LogP contribution in [0.2, 0.25) is 5.02 Å². The Morgan fingerprint density at radius 2 is 2.09 bits per heavy atom. The SMILES string of the molecule is COc1cccc(C2=NC(C)NC(c3cc(Cl)ccc3O)C2)c1. The molecular formula is C18H19ClN2O2. The summed E-state index contributed by atoms with van der Waals surface area (Å²) < 4.78 is 5.29. The minimum Gasteiger partial charge on any atom is -0.508 e. The van der Waals surface area contributed by atoms with Crippen LogP contribution >= 0.6 is 11.6 Å². The highest BCUT2D eigenvalue weighted by atomic mass is 35.5. The van der Waals surface area contributed by atoms with Gasteiger partial charge in [-0.05, 0) is 42.8 Å². The van der Waals surface area contributed by atoms with Gasteiger partial charge in [0.15, 0.2) is 0 Å². The number of phenolic OH excluding ortho intramolecular Hbond substituents is 1. The molecule has 0 aromatic heterocycles. The van der Waals surface area contributed by atoms with E-state index >= 15 is 0 Å². The van der Waals surface area contributed by atoms with Crippen molar-refractivity contribution < 1.29 is 9.84 Å². The van der Waals surface area contributed by atoms with Gasteiger partial charge in [-0.3, -0.25) is 10.3 Å². The van der Waals surface area contributed by atoms with Gasteiger partial charge in [0.05, 0.1) is 13.3 Å². The second kappa shape index (κ2) is 6.60. The third-order valence-electron chi connectivity index (χ3n) is 3.96. The zero-order valence-electron chi connectivity index (χ0n) is 13.1. The van der Waals surface area contributed by atoms with Crippen molar-refractivity contribution in [1.29, 1.82) is 0 Å². The van der Waals surface area contributed by atoms with Gasteiger partial charge >= 0.3 is 0 Å². The number of halogens is 1. The van der Waals surface area contributed by atoms with Crippen LogP contribution in [0.25, 0.3) is 0 Å². The monoisotopic (exact) mass is 330 g/mol. The van der Waals surface area contributed by atoms with Crippen molar-refractivity contribution in [2.75, 3.05) is 7.11 Å². The van der Waals surface area contributed by atoms with Gasteiger partial charge in [0.25, 0.3) is 0 Å². The number of hydrogen-bond acceptors (Lipinski definition) is 4. The average Bonchev–Trinajstić information content (AvgIpc) is 2.56. The minimum atomic E-state index is -0.0478. The fraction of sp³-hybridized carbons (Fsp3) is 0.278. The number of aliphatic imine (C=N–C) groups is 1. The standard InChI is InChI=1S/C18H19ClN2O2/c1-11-20-16(12-4-3-5-14(8-12)23-2)10-17(21-11)15-9-13(19)6-7-18(15)22/h3-9,11,17,21-22H,10H2,1-2H3. The van der Waals surface area contributed by atoms with Crippen molar-refractivity contribution in [3.8, 4) is 11.5 Å². The lowest BCUT2D eigenvalue weighted by Gasteiger charge is -2.29. The molecule has 3 rings (SSSR count). The third kappa shape index (κ3) is 3.49. The largest absolute Gasteiger partial charge is 0.508 e. The first-order chi connectivity index (χ1) is 11.1. The molecule has 2 N–H and O–H groups in total. The van der Waals surface area contributed by atoms with E-state index in [-0.39, 0.29) is 18.0 Å². The van der Waals surface area contributed by atoms with Crippen LogP contribution in [0, 0.1) is 0 Å². The Morgan fingerprint density at radius 1 is 1.26 bits per heavy atom. The van der Waals surface area contributed by atoms with E-state index in [4.69, 9.17) is 21.3 Å². The predicted octanol–water partition coefficient (Wildman–Crippen LogP) is 3.92. The summed E-state index contributed by atoms with van der Waals surface area (Å²) in [6.07, 6.45) is 0.624. The zero-order chi connectivity index (χ0) is 16.4. The molecule has 2 unspecified atom stereocenters. The van der Waals surface area contributed by atoms with Crippen LogP contribution in [0.5, 0.6) is 11.5 Å². The maximum atomic E-state index is 10.2. The Morgan fingerprint density at radius 3 is 2.87 bits per heavy atom. The number of aromatic hydroxyl groups is 1. The number of phenols is 1. The first kappa shape index (κ1) is 15.8. The molecule has 0 radical (unpaired) electrons. The van der Waals surface area contributed by atoms with E-state index in [1.807, 2.05) is 31.2 Å². The number of hydrogen-bond donors (Lipinski definition) is 2. The number of benzene rings is 2. The molecule has 5 heteroatoms. The van der Waals surface area contributed by atoms with Crippen LogP contribution in [0.4, 0.5) is 0 Å². The van der Waals surface area contributed by atoms with E-state index in [0.717, 1.165) is 22.6 Å². The zero-order valence-corrected chi connectivity index (χ0v) is 13.8. The normalized spacial score (nSPS) is 20.9. The van der Waals surface area contributed by atoms with Gasteiger partial charge in [-0.25, -0.2) is 0 Å². The van der Waals surface area contributed by atoms with E-state index in [9.17, 15) is 5.11 Å². The van der Waals surface area contributed by atoms with Gasteiger partial charge < -0.3 is 9.84 Å². The molecule has 0 aliphatic carbocycles. The Labute approximate surface area is 140 Å². The van der Waals surface area contributed by atoms with E-state index in [1.165, 1.54) is 0 Å². The van der Waals surface area contributed by atoms with E-state index < -0.39 is 0 Å². The highest BCUT2D eigenvalue weighted by molar-refractivity contribution is 6.30. The van der Waals surface area contributed by atoms with Crippen molar-refractivity contribution in [3.63, 3.8) is 0 Å². The molecule has 0 bridgehead atoms. The lowest BCUT2D eigenvalue weighted by Crippen LogP contribution is -2.36. The second-order valence-electron chi connectivity index (χ2n) is 5.61. The maximum absolute atomic E-state index is 10.2. The summed E-state index contributed by atoms with van der Waals surface area (Å²) in [7, 11) is 1.65. The number of ether oxygens (including phenoxy) is 1. The quantitative estimate of drug-likeness (QED) is 0.896. The van der Waals surface area contributed by atoms with Gasteiger partial charge in [0, 0.05) is 28.8 Å². The molecule has 4 nitrogen and oxygen atoms in total. The van der Waals surface area contributed by atoms with E-state index in [0.29, 0.717) is 11.4 Å². The molecule has 0 fully saturated rings. The second-order valence-corrected chi connectivity index (χ2v) is 6.05. The first-order valence-electron chi connectivity index (χ1n) is 7.52. The summed E-state index contributed by atoms with van der Waals surface area (Å²) in [6, 6.07) is 12.9. The van der Waals surface area contributed by atoms with E-state index in [1.54, 1.807) is 25.3 Å². The van der Waals surface area contributed by atoms with Gasteiger partial charge in [0.2, 0.25) is 0 Å². The van der Waals surface area contributed by atoms with Crippen LogP contribution in [0.3, 0.4) is 0 Å². The topological polar surface area (TPSA) is 53.8 Å². The first-order valence-corrected chi connectivity index (χ1v) is 7.90. The van der Waals surface area contributed by atoms with Crippen LogP contribution < -0.4 is 10.1 Å². The number of nitrogens with one attached hydrogen (secondary N) is 1. The minimum absolute atomic E-state index is 0.0394. The third-order valence-corrected chi connectivity index (χ3v) is 4.19. The Balaban J connectivity index is 1.93. The van der Waals surface area contributed by atoms with Crippen LogP contribution in [0.1, 0.15) is 30.5 Å². The summed E-state index contributed by atoms with van der Waals surface area (Å²) >= 11 is 6.08. The lowest BCUT2D eigenvalue weighted by molar-refractivity contribution is 0.413. The highest BCUT2D eigenvalue weighted by Gasteiger charge is 2.25. The number of nitrogens with zero attached hydrogens (tertiary/aromatic N) is 1. The Kier molecular flexibility index (Phi) is 4.55. The molecule has 1 heterocycles. The fourth-order valence-electron chi connectivity index (χ4n) is 2.87. The van der Waals surface area contributed by atoms with Gasteiger partial charge in [-0.15, -0.1) is 0 Å². The fourth-order valence-corrected chi connectivity index (χ4v) is 3.05. The molecule has 0 saturated carbocycles. The van der Waals surface area contributed by atoms with Gasteiger partial charge in [-0.1, -0.05) is 23.7 Å². The summed E-state index contributed by atoms with van der Waals surface area (Å²) in [6.45, 7) is 1.99. The van der Waals surface area contributed by atoms with Crippen molar-refractivity contribution in [2.24, 2.45) is 4.99 Å². The Bertz CT molecular complexity index is 746. The molecule has 120 valence electrons. The summed E-state index contributed by atoms with van der Waals surface area (Å²) in [5, 5.41) is 14.2. The van der Waals surface area contributed by atoms with Crippen molar-refractivity contribution in [1.82, 2.24) is 5.32 Å². The highest BCUT2D eigenvalue weighted by Crippen LogP contribution is 2.32. The Hall–Kier alpha value is -2.04. The predicted molar refractivity (Wildman–Crippen MR) is 92.6 cm³/mol. The number of rotatable bonds is 3. The van der Waals surface area contributed by atoms with Crippen LogP contribution in [0.15, 0.2) is 47.5 Å². The van der Waals surface area contributed by atoms with Gasteiger partial charge in [0.1, 0.15) is 11.5 Å². The van der Waals surface area contributed by atoms with Crippen LogP contribution in [-0.4, -0.2) is 24.1 Å². The molecule has 2 aromatic rings. The lowest BCUT2D eigenvalue weighted by atomic mass is 9.94. The van der Waals surface area contributed by atoms with Crippen LogP contribution in [-0.2, 0) is 0 Å². The molecule has 0 saturated heterocycles. The molecular weight excluding hydrogens is 312 g/mol. The van der Waals surface area contributed by atoms with Crippen molar-refractivity contribution in [2.45, 2.75) is 25.6 Å². The van der Waals surface area contributed by atoms with Gasteiger partial charge in [-0.2, -0.15) is 0 Å². The molecule has 2 aromatic carbocycles. The molecule has 1 aliphatic heterocycles. The molecule has 0 spiro atoms. The molecule has 23 heavy (non-hydrogen) atoms. The molecule has 2 atom stereocenters. The summed E-state index contributed by atoms with van der Waals surface area (Å²) in [5.74, 6) is 1.05. The van der Waals surface area contributed by atoms with Crippen molar-refractivity contribution >= 4 is 17.3 Å². The molecule has 1 aliphatic rings. The summed E-state index contributed by atoms with van der Waals surface area (Å²) in [4.78, 5) is 4.69. The average molecular weight is 331 g/mol.